The van der Waals surface area contributed by atoms with E-state index in [0.717, 1.165) is 5.56 Å². The largest absolute Gasteiger partial charge is 0.545 e. The number of rotatable bonds is 3. The molecule has 1 aliphatic heterocycles. The Bertz CT molecular complexity index is 827. The molecule has 0 bridgehead atoms. The molecule has 0 unspecified atom stereocenters. The van der Waals surface area contributed by atoms with Crippen molar-refractivity contribution < 1.29 is 18.3 Å². The molecule has 22 heavy (non-hydrogen) atoms. The van der Waals surface area contributed by atoms with E-state index >= 15 is 0 Å². The summed E-state index contributed by atoms with van der Waals surface area (Å²) in [5, 5.41) is 10.8. The molecule has 0 saturated carbocycles. The first-order valence-electron chi connectivity index (χ1n) is 6.85. The summed E-state index contributed by atoms with van der Waals surface area (Å²) in [5.41, 5.74) is 1.62. The van der Waals surface area contributed by atoms with E-state index in [1.165, 1.54) is 28.6 Å². The van der Waals surface area contributed by atoms with Gasteiger partial charge in [0.2, 0.25) is 0 Å². The number of fused-ring (bicyclic) bond motifs is 1. The number of nitrogens with zero attached hydrogens (tertiary/aromatic N) is 1. The predicted molar refractivity (Wildman–Crippen MR) is 80.0 cm³/mol. The van der Waals surface area contributed by atoms with Crippen molar-refractivity contribution in [2.75, 3.05) is 4.31 Å². The minimum atomic E-state index is -3.72. The van der Waals surface area contributed by atoms with Gasteiger partial charge in [-0.2, -0.15) is 0 Å². The van der Waals surface area contributed by atoms with Crippen molar-refractivity contribution >= 4 is 21.7 Å². The lowest BCUT2D eigenvalue weighted by atomic mass is 10.1. The van der Waals surface area contributed by atoms with E-state index in [0.29, 0.717) is 12.1 Å². The van der Waals surface area contributed by atoms with Crippen LogP contribution in [0.25, 0.3) is 0 Å². The van der Waals surface area contributed by atoms with E-state index in [1.807, 2.05) is 19.1 Å². The third-order valence-corrected chi connectivity index (χ3v) is 5.73. The Labute approximate surface area is 128 Å². The first kappa shape index (κ1) is 14.6. The smallest absolute Gasteiger partial charge is 0.264 e. The van der Waals surface area contributed by atoms with Crippen LogP contribution in [0.2, 0.25) is 0 Å². The van der Waals surface area contributed by atoms with Crippen LogP contribution in [0.3, 0.4) is 0 Å². The van der Waals surface area contributed by atoms with Crippen LogP contribution in [0.15, 0.2) is 53.4 Å². The molecule has 0 radical (unpaired) electrons. The van der Waals surface area contributed by atoms with Crippen LogP contribution in [0.1, 0.15) is 22.8 Å². The zero-order valence-electron chi connectivity index (χ0n) is 11.9. The first-order valence-corrected chi connectivity index (χ1v) is 8.29. The summed E-state index contributed by atoms with van der Waals surface area (Å²) in [7, 11) is -3.72. The van der Waals surface area contributed by atoms with Gasteiger partial charge in [-0.05, 0) is 42.7 Å². The molecule has 0 N–H and O–H groups in total. The third-order valence-electron chi connectivity index (χ3n) is 3.79. The van der Waals surface area contributed by atoms with Crippen LogP contribution in [-0.4, -0.2) is 20.4 Å². The van der Waals surface area contributed by atoms with E-state index in [9.17, 15) is 18.3 Å². The molecule has 0 amide bonds. The molecule has 3 rings (SSSR count). The van der Waals surface area contributed by atoms with Crippen LogP contribution < -0.4 is 9.41 Å². The fourth-order valence-corrected chi connectivity index (χ4v) is 4.47. The molecular formula is C16H14NO4S-. The molecule has 0 fully saturated rings. The maximum absolute atomic E-state index is 12.9. The molecular weight excluding hydrogens is 302 g/mol. The fraction of sp³-hybridized carbons (Fsp3) is 0.188. The third kappa shape index (κ3) is 2.25. The highest BCUT2D eigenvalue weighted by Gasteiger charge is 2.35. The van der Waals surface area contributed by atoms with Gasteiger partial charge in [0.15, 0.2) is 0 Å². The number of carbonyl (C=O) groups excluding carboxylic acids is 1. The van der Waals surface area contributed by atoms with Gasteiger partial charge < -0.3 is 9.90 Å². The second kappa shape index (κ2) is 5.14. The van der Waals surface area contributed by atoms with E-state index in [-0.39, 0.29) is 16.5 Å². The van der Waals surface area contributed by atoms with Gasteiger partial charge in [0.1, 0.15) is 0 Å². The molecule has 1 aliphatic rings. The Morgan fingerprint density at radius 1 is 1.14 bits per heavy atom. The Hall–Kier alpha value is -2.34. The van der Waals surface area contributed by atoms with E-state index in [4.69, 9.17) is 0 Å². The second-order valence-electron chi connectivity index (χ2n) is 5.29. The molecule has 0 spiro atoms. The summed E-state index contributed by atoms with van der Waals surface area (Å²) in [4.78, 5) is 10.8. The molecule has 2 aromatic rings. The number of sulfonamides is 1. The number of hydrogen-bond donors (Lipinski definition) is 0. The number of carboxylic acids is 1. The summed E-state index contributed by atoms with van der Waals surface area (Å²) in [5.74, 6) is -1.33. The van der Waals surface area contributed by atoms with E-state index in [1.54, 1.807) is 12.1 Å². The fourth-order valence-electron chi connectivity index (χ4n) is 2.78. The van der Waals surface area contributed by atoms with Crippen molar-refractivity contribution in [3.05, 3.63) is 59.7 Å². The van der Waals surface area contributed by atoms with Crippen LogP contribution >= 0.6 is 0 Å². The van der Waals surface area contributed by atoms with Crippen molar-refractivity contribution in [2.45, 2.75) is 24.3 Å². The number of hydrogen-bond acceptors (Lipinski definition) is 4. The van der Waals surface area contributed by atoms with Crippen molar-refractivity contribution in [2.24, 2.45) is 0 Å². The van der Waals surface area contributed by atoms with Crippen LogP contribution in [0.4, 0.5) is 5.69 Å². The SMILES string of the molecule is C[C@H]1Cc2ccccc2N1S(=O)(=O)c1ccc(C(=O)[O-])cc1. The Morgan fingerprint density at radius 3 is 2.41 bits per heavy atom. The molecule has 114 valence electrons. The van der Waals surface area contributed by atoms with Crippen LogP contribution in [-0.2, 0) is 16.4 Å². The Balaban J connectivity index is 2.05. The van der Waals surface area contributed by atoms with Crippen molar-refractivity contribution in [3.63, 3.8) is 0 Å². The summed E-state index contributed by atoms with van der Waals surface area (Å²) in [6.45, 7) is 1.85. The number of carbonyl (C=O) groups is 1. The van der Waals surface area contributed by atoms with Gasteiger partial charge in [0, 0.05) is 6.04 Å². The number of aromatic carboxylic acids is 1. The minimum Gasteiger partial charge on any atom is -0.545 e. The number of para-hydroxylation sites is 1. The molecule has 1 atom stereocenters. The van der Waals surface area contributed by atoms with Gasteiger partial charge in [-0.15, -0.1) is 0 Å². The molecule has 0 aromatic heterocycles. The molecule has 5 nitrogen and oxygen atoms in total. The van der Waals surface area contributed by atoms with Gasteiger partial charge in [0.05, 0.1) is 16.6 Å². The molecule has 0 aliphatic carbocycles. The summed E-state index contributed by atoms with van der Waals surface area (Å²) in [6, 6.07) is 12.3. The monoisotopic (exact) mass is 316 g/mol. The molecule has 0 saturated heterocycles. The van der Waals surface area contributed by atoms with Crippen molar-refractivity contribution in [1.29, 1.82) is 0 Å². The topological polar surface area (TPSA) is 77.5 Å². The maximum atomic E-state index is 12.9. The lowest BCUT2D eigenvalue weighted by Gasteiger charge is -2.24. The lowest BCUT2D eigenvalue weighted by molar-refractivity contribution is -0.255. The Morgan fingerprint density at radius 2 is 1.77 bits per heavy atom. The highest BCUT2D eigenvalue weighted by atomic mass is 32.2. The lowest BCUT2D eigenvalue weighted by Crippen LogP contribution is -2.35. The zero-order valence-corrected chi connectivity index (χ0v) is 12.7. The first-order chi connectivity index (χ1) is 10.4. The van der Waals surface area contributed by atoms with Crippen molar-refractivity contribution in [1.82, 2.24) is 0 Å². The maximum Gasteiger partial charge on any atom is 0.264 e. The molecule has 1 heterocycles. The van der Waals surface area contributed by atoms with Gasteiger partial charge in [-0.25, -0.2) is 8.42 Å². The van der Waals surface area contributed by atoms with Crippen LogP contribution in [0, 0.1) is 0 Å². The van der Waals surface area contributed by atoms with Crippen LogP contribution in [0.5, 0.6) is 0 Å². The number of benzene rings is 2. The number of anilines is 1. The summed E-state index contributed by atoms with van der Waals surface area (Å²) in [6.07, 6.45) is 0.659. The standard InChI is InChI=1S/C16H15NO4S/c1-11-10-13-4-2-3-5-15(13)17(11)22(20,21)14-8-6-12(7-9-14)16(18)19/h2-9,11H,10H2,1H3,(H,18,19)/p-1/t11-/m0/s1. The predicted octanol–water partition coefficient (Wildman–Crippen LogP) is 1.19. The molecule has 2 aromatic carbocycles. The quantitative estimate of drug-likeness (QED) is 0.852. The van der Waals surface area contributed by atoms with Gasteiger partial charge in [-0.1, -0.05) is 30.3 Å². The van der Waals surface area contributed by atoms with Gasteiger partial charge >= 0.3 is 0 Å². The average Bonchev–Trinajstić information content (AvgIpc) is 2.83. The Kier molecular flexibility index (Phi) is 3.41. The van der Waals surface area contributed by atoms with Gasteiger partial charge in [0.25, 0.3) is 10.0 Å². The minimum absolute atomic E-state index is 0.0474. The highest BCUT2D eigenvalue weighted by molar-refractivity contribution is 7.92. The average molecular weight is 316 g/mol. The summed E-state index contributed by atoms with van der Waals surface area (Å²) < 4.78 is 27.1. The molecule has 6 heteroatoms. The van der Waals surface area contributed by atoms with Crippen molar-refractivity contribution in [3.8, 4) is 0 Å². The van der Waals surface area contributed by atoms with Gasteiger partial charge in [-0.3, -0.25) is 4.31 Å². The van der Waals surface area contributed by atoms with E-state index < -0.39 is 16.0 Å². The number of carboxylic acid groups (broad SMARTS) is 1. The zero-order chi connectivity index (χ0) is 15.9. The normalized spacial score (nSPS) is 17.3. The highest BCUT2D eigenvalue weighted by Crippen LogP contribution is 2.36. The van der Waals surface area contributed by atoms with E-state index in [2.05, 4.69) is 0 Å². The second-order valence-corrected chi connectivity index (χ2v) is 7.11. The summed E-state index contributed by atoms with van der Waals surface area (Å²) >= 11 is 0.